The number of nitrogens with one attached hydrogen (secondary N) is 1. The van der Waals surface area contributed by atoms with Crippen molar-refractivity contribution in [3.8, 4) is 0 Å². The van der Waals surface area contributed by atoms with Gasteiger partial charge in [-0.25, -0.2) is 4.39 Å². The lowest BCUT2D eigenvalue weighted by Crippen LogP contribution is -2.46. The van der Waals surface area contributed by atoms with Crippen molar-refractivity contribution in [2.75, 3.05) is 56.5 Å². The van der Waals surface area contributed by atoms with Crippen LogP contribution in [-0.4, -0.2) is 62.0 Å². The molecule has 2 aromatic rings. The topological polar surface area (TPSA) is 38.8 Å². The van der Waals surface area contributed by atoms with Crippen LogP contribution in [-0.2, 0) is 11.3 Å². The maximum atomic E-state index is 13.7. The smallest absolute Gasteiger partial charge is 0.238 e. The van der Waals surface area contributed by atoms with Gasteiger partial charge in [0.2, 0.25) is 5.91 Å². The summed E-state index contributed by atoms with van der Waals surface area (Å²) in [4.78, 5) is 18.9. The van der Waals surface area contributed by atoms with Crippen molar-refractivity contribution in [3.63, 3.8) is 0 Å². The van der Waals surface area contributed by atoms with E-state index >= 15 is 0 Å². The molecule has 6 heteroatoms. The maximum absolute atomic E-state index is 13.7. The van der Waals surface area contributed by atoms with Crippen LogP contribution in [0.5, 0.6) is 0 Å². The summed E-state index contributed by atoms with van der Waals surface area (Å²) in [5.74, 6) is -0.353. The average molecular weight is 384 g/mol. The quantitative estimate of drug-likeness (QED) is 0.796. The first kappa shape index (κ1) is 20.3. The second-order valence-electron chi connectivity index (χ2n) is 7.28. The summed E-state index contributed by atoms with van der Waals surface area (Å²) >= 11 is 0. The summed E-state index contributed by atoms with van der Waals surface area (Å²) < 4.78 is 13.7. The molecular formula is C22H29FN4O. The molecule has 5 nitrogen and oxygen atoms in total. The van der Waals surface area contributed by atoms with Crippen molar-refractivity contribution in [2.24, 2.45) is 0 Å². The third-order valence-electron chi connectivity index (χ3n) is 5.15. The van der Waals surface area contributed by atoms with E-state index in [0.717, 1.165) is 38.4 Å². The molecule has 1 amide bonds. The number of halogens is 1. The van der Waals surface area contributed by atoms with Crippen LogP contribution in [0.2, 0.25) is 0 Å². The predicted molar refractivity (Wildman–Crippen MR) is 112 cm³/mol. The van der Waals surface area contributed by atoms with Gasteiger partial charge in [0.05, 0.1) is 6.54 Å². The lowest BCUT2D eigenvalue weighted by Gasteiger charge is -2.35. The second-order valence-corrected chi connectivity index (χ2v) is 7.28. The molecule has 0 atom stereocenters. The van der Waals surface area contributed by atoms with E-state index < -0.39 is 0 Å². The largest absolute Gasteiger partial charge is 0.369 e. The molecule has 3 rings (SSSR count). The number of rotatable bonds is 7. The van der Waals surface area contributed by atoms with Gasteiger partial charge in [0.1, 0.15) is 5.82 Å². The minimum atomic E-state index is -0.245. The zero-order chi connectivity index (χ0) is 19.9. The Kier molecular flexibility index (Phi) is 7.01. The Morgan fingerprint density at radius 1 is 1.07 bits per heavy atom. The number of carbonyl (C=O) groups is 1. The number of likely N-dealkylation sites (N-methyl/N-ethyl adjacent to an activating group) is 2. The highest BCUT2D eigenvalue weighted by Crippen LogP contribution is 2.19. The van der Waals surface area contributed by atoms with Crippen molar-refractivity contribution >= 4 is 17.3 Å². The van der Waals surface area contributed by atoms with Crippen molar-refractivity contribution in [1.29, 1.82) is 0 Å². The van der Waals surface area contributed by atoms with Crippen LogP contribution in [0.1, 0.15) is 12.5 Å². The normalized spacial score (nSPS) is 15.1. The molecule has 1 aliphatic rings. The van der Waals surface area contributed by atoms with Crippen molar-refractivity contribution in [1.82, 2.24) is 9.80 Å². The Hall–Kier alpha value is -2.44. The SMILES string of the molecule is CCN1CCN(c2ccc(NC(=O)CN(C)Cc3ccccc3F)cc2)CC1. The molecular weight excluding hydrogens is 355 g/mol. The van der Waals surface area contributed by atoms with E-state index in [0.29, 0.717) is 12.1 Å². The standard InChI is InChI=1S/C22H29FN4O/c1-3-26-12-14-27(15-13-26)20-10-8-19(9-11-20)24-22(28)17-25(2)16-18-6-4-5-7-21(18)23/h4-11H,3,12-17H2,1-2H3,(H,24,28). The van der Waals surface area contributed by atoms with Crippen LogP contribution in [0, 0.1) is 5.82 Å². The number of hydrogen-bond donors (Lipinski definition) is 1. The van der Waals surface area contributed by atoms with E-state index in [2.05, 4.69) is 34.2 Å². The lowest BCUT2D eigenvalue weighted by molar-refractivity contribution is -0.117. The van der Waals surface area contributed by atoms with Gasteiger partial charge in [0.15, 0.2) is 0 Å². The number of piperazine rings is 1. The van der Waals surface area contributed by atoms with Crippen LogP contribution >= 0.6 is 0 Å². The Morgan fingerprint density at radius 3 is 2.39 bits per heavy atom. The molecule has 0 spiro atoms. The van der Waals surface area contributed by atoms with Gasteiger partial charge in [-0.05, 0) is 43.9 Å². The molecule has 0 aliphatic carbocycles. The summed E-state index contributed by atoms with van der Waals surface area (Å²) in [6.07, 6.45) is 0. The first-order valence-electron chi connectivity index (χ1n) is 9.84. The molecule has 28 heavy (non-hydrogen) atoms. The molecule has 2 aromatic carbocycles. The third kappa shape index (κ3) is 5.53. The summed E-state index contributed by atoms with van der Waals surface area (Å²) in [5, 5.41) is 2.92. The van der Waals surface area contributed by atoms with Crippen LogP contribution in [0.3, 0.4) is 0 Å². The van der Waals surface area contributed by atoms with Gasteiger partial charge in [-0.1, -0.05) is 25.1 Å². The minimum Gasteiger partial charge on any atom is -0.369 e. The highest BCUT2D eigenvalue weighted by Gasteiger charge is 2.16. The number of carbonyl (C=O) groups excluding carboxylic acids is 1. The van der Waals surface area contributed by atoms with Gasteiger partial charge in [0.25, 0.3) is 0 Å². The molecule has 0 radical (unpaired) electrons. The first-order chi connectivity index (χ1) is 13.5. The van der Waals surface area contributed by atoms with Crippen LogP contribution in [0.25, 0.3) is 0 Å². The van der Waals surface area contributed by atoms with Gasteiger partial charge in [-0.15, -0.1) is 0 Å². The van der Waals surface area contributed by atoms with E-state index in [1.165, 1.54) is 11.8 Å². The molecule has 150 valence electrons. The highest BCUT2D eigenvalue weighted by atomic mass is 19.1. The fourth-order valence-electron chi connectivity index (χ4n) is 3.50. The first-order valence-corrected chi connectivity index (χ1v) is 9.84. The van der Waals surface area contributed by atoms with E-state index in [9.17, 15) is 9.18 Å². The second kappa shape index (κ2) is 9.66. The Bertz CT molecular complexity index is 772. The third-order valence-corrected chi connectivity index (χ3v) is 5.15. The highest BCUT2D eigenvalue weighted by molar-refractivity contribution is 5.92. The summed E-state index contributed by atoms with van der Waals surface area (Å²) in [5.41, 5.74) is 2.55. The lowest BCUT2D eigenvalue weighted by atomic mass is 10.2. The molecule has 1 aliphatic heterocycles. The van der Waals surface area contributed by atoms with Crippen LogP contribution in [0.4, 0.5) is 15.8 Å². The molecule has 1 heterocycles. The van der Waals surface area contributed by atoms with Gasteiger partial charge >= 0.3 is 0 Å². The number of anilines is 2. The van der Waals surface area contributed by atoms with Gasteiger partial charge in [-0.2, -0.15) is 0 Å². The number of nitrogens with zero attached hydrogens (tertiary/aromatic N) is 3. The van der Waals surface area contributed by atoms with E-state index in [1.54, 1.807) is 23.1 Å². The van der Waals surface area contributed by atoms with Crippen LogP contribution in [0.15, 0.2) is 48.5 Å². The van der Waals surface area contributed by atoms with E-state index in [1.807, 2.05) is 19.2 Å². The van der Waals surface area contributed by atoms with Gasteiger partial charge in [-0.3, -0.25) is 9.69 Å². The minimum absolute atomic E-state index is 0.108. The predicted octanol–water partition coefficient (Wildman–Crippen LogP) is 3.04. The monoisotopic (exact) mass is 384 g/mol. The summed E-state index contributed by atoms with van der Waals surface area (Å²) in [6.45, 7) is 8.12. The van der Waals surface area contributed by atoms with Crippen molar-refractivity contribution in [2.45, 2.75) is 13.5 Å². The molecule has 0 saturated carbocycles. The molecule has 0 bridgehead atoms. The molecule has 0 unspecified atom stereocenters. The van der Waals surface area contributed by atoms with Crippen molar-refractivity contribution in [3.05, 3.63) is 59.9 Å². The Labute approximate surface area is 166 Å². The van der Waals surface area contributed by atoms with Crippen LogP contribution < -0.4 is 10.2 Å². The molecule has 1 saturated heterocycles. The summed E-state index contributed by atoms with van der Waals surface area (Å²) in [6, 6.07) is 14.6. The van der Waals surface area contributed by atoms with E-state index in [4.69, 9.17) is 0 Å². The fraction of sp³-hybridized carbons (Fsp3) is 0.409. The van der Waals surface area contributed by atoms with Crippen molar-refractivity contribution < 1.29 is 9.18 Å². The zero-order valence-corrected chi connectivity index (χ0v) is 16.7. The maximum Gasteiger partial charge on any atom is 0.238 e. The van der Waals surface area contributed by atoms with Gasteiger partial charge in [0, 0.05) is 49.7 Å². The zero-order valence-electron chi connectivity index (χ0n) is 16.7. The Morgan fingerprint density at radius 2 is 1.75 bits per heavy atom. The number of benzene rings is 2. The molecule has 1 fully saturated rings. The molecule has 0 aromatic heterocycles. The van der Waals surface area contributed by atoms with Gasteiger partial charge < -0.3 is 15.1 Å². The Balaban J connectivity index is 1.48. The molecule has 1 N–H and O–H groups in total. The number of hydrogen-bond acceptors (Lipinski definition) is 4. The van der Waals surface area contributed by atoms with E-state index in [-0.39, 0.29) is 18.3 Å². The average Bonchev–Trinajstić information content (AvgIpc) is 2.70. The number of amides is 1. The summed E-state index contributed by atoms with van der Waals surface area (Å²) in [7, 11) is 1.81. The fourth-order valence-corrected chi connectivity index (χ4v) is 3.50.